The molecule has 2 saturated heterocycles. The van der Waals surface area contributed by atoms with Crippen LogP contribution in [0.5, 0.6) is 0 Å². The first kappa shape index (κ1) is 7.10. The second kappa shape index (κ2) is 2.48. The average Bonchev–Trinajstić information content (AvgIpc) is 2.62. The smallest absolute Gasteiger partial charge is 0.209 e. The average molecular weight is 155 g/mol. The van der Waals surface area contributed by atoms with Gasteiger partial charge in [-0.05, 0) is 19.3 Å². The van der Waals surface area contributed by atoms with Crippen LogP contribution in [0, 0.1) is 0 Å². The highest BCUT2D eigenvalue weighted by Gasteiger charge is 2.42. The quantitative estimate of drug-likeness (QED) is 0.540. The van der Waals surface area contributed by atoms with Crippen molar-refractivity contribution in [1.29, 1.82) is 0 Å². The number of likely N-dealkylation sites (N-methyl/N-ethyl adjacent to an activating group) is 1. The fraction of sp³-hybridized carbons (Fsp3) is 0.875. The largest absolute Gasteiger partial charge is 0.373 e. The number of hydrogen-bond acceptors (Lipinski definition) is 2. The lowest BCUT2D eigenvalue weighted by molar-refractivity contribution is -0.119. The van der Waals surface area contributed by atoms with Gasteiger partial charge in [-0.1, -0.05) is 0 Å². The van der Waals surface area contributed by atoms with Crippen molar-refractivity contribution in [3.8, 4) is 0 Å². The third-order valence-corrected chi connectivity index (χ3v) is 2.76. The Kier molecular flexibility index (Phi) is 1.60. The van der Waals surface area contributed by atoms with Gasteiger partial charge in [-0.15, -0.1) is 0 Å². The van der Waals surface area contributed by atoms with Crippen molar-refractivity contribution in [2.75, 3.05) is 7.05 Å². The molecule has 3 atom stereocenters. The highest BCUT2D eigenvalue weighted by Crippen LogP contribution is 2.36. The molecule has 11 heavy (non-hydrogen) atoms. The van der Waals surface area contributed by atoms with E-state index in [9.17, 15) is 4.79 Å². The first-order chi connectivity index (χ1) is 5.31. The Morgan fingerprint density at radius 2 is 2.36 bits per heavy atom. The molecule has 0 aliphatic carbocycles. The van der Waals surface area contributed by atoms with E-state index >= 15 is 0 Å². The highest BCUT2D eigenvalue weighted by atomic mass is 16.5. The number of hydrogen-bond donors (Lipinski definition) is 0. The molecule has 2 fully saturated rings. The van der Waals surface area contributed by atoms with Crippen molar-refractivity contribution < 1.29 is 9.53 Å². The second-order valence-electron chi connectivity index (χ2n) is 3.45. The molecule has 1 amide bonds. The van der Waals surface area contributed by atoms with Gasteiger partial charge in [0.2, 0.25) is 6.41 Å². The van der Waals surface area contributed by atoms with E-state index in [1.807, 2.05) is 7.05 Å². The number of carbonyl (C=O) groups is 1. The predicted octanol–water partition coefficient (Wildman–Crippen LogP) is 0.395. The standard InChI is InChI=1S/C8H13NO2/c1-9(5-10)7-4-6-2-3-8(7)11-6/h5-8H,2-4H2,1H3. The fourth-order valence-corrected chi connectivity index (χ4v) is 2.12. The van der Waals surface area contributed by atoms with Gasteiger partial charge in [0.15, 0.2) is 0 Å². The molecule has 0 saturated carbocycles. The van der Waals surface area contributed by atoms with Gasteiger partial charge in [0.1, 0.15) is 0 Å². The maximum absolute atomic E-state index is 10.4. The molecule has 0 radical (unpaired) electrons. The summed E-state index contributed by atoms with van der Waals surface area (Å²) in [5.74, 6) is 0. The normalized spacial score (nSPS) is 41.0. The molecule has 62 valence electrons. The van der Waals surface area contributed by atoms with Crippen molar-refractivity contribution in [2.24, 2.45) is 0 Å². The molecule has 3 heteroatoms. The first-order valence-corrected chi connectivity index (χ1v) is 4.14. The van der Waals surface area contributed by atoms with Gasteiger partial charge >= 0.3 is 0 Å². The molecule has 0 aromatic carbocycles. The van der Waals surface area contributed by atoms with Crippen LogP contribution < -0.4 is 0 Å². The van der Waals surface area contributed by atoms with E-state index in [-0.39, 0.29) is 0 Å². The zero-order valence-electron chi connectivity index (χ0n) is 6.69. The van der Waals surface area contributed by atoms with Crippen LogP contribution in [-0.2, 0) is 9.53 Å². The summed E-state index contributed by atoms with van der Waals surface area (Å²) in [6, 6.07) is 0.353. The summed E-state index contributed by atoms with van der Waals surface area (Å²) < 4.78 is 5.61. The Balaban J connectivity index is 2.01. The lowest BCUT2D eigenvalue weighted by Crippen LogP contribution is -2.38. The van der Waals surface area contributed by atoms with Gasteiger partial charge in [0, 0.05) is 7.05 Å². The topological polar surface area (TPSA) is 29.5 Å². The first-order valence-electron chi connectivity index (χ1n) is 4.14. The van der Waals surface area contributed by atoms with Crippen LogP contribution in [0.2, 0.25) is 0 Å². The van der Waals surface area contributed by atoms with Crippen LogP contribution in [0.1, 0.15) is 19.3 Å². The van der Waals surface area contributed by atoms with E-state index in [0.717, 1.165) is 19.3 Å². The van der Waals surface area contributed by atoms with E-state index in [2.05, 4.69) is 0 Å². The van der Waals surface area contributed by atoms with Gasteiger partial charge < -0.3 is 9.64 Å². The minimum absolute atomic E-state index is 0.329. The van der Waals surface area contributed by atoms with E-state index in [0.29, 0.717) is 18.2 Å². The van der Waals surface area contributed by atoms with Crippen molar-refractivity contribution in [3.05, 3.63) is 0 Å². The van der Waals surface area contributed by atoms with Gasteiger partial charge in [-0.3, -0.25) is 4.79 Å². The Bertz CT molecular complexity index is 171. The Hall–Kier alpha value is -0.570. The molecule has 2 rings (SSSR count). The van der Waals surface area contributed by atoms with E-state index < -0.39 is 0 Å². The Labute approximate surface area is 66.3 Å². The van der Waals surface area contributed by atoms with Gasteiger partial charge in [-0.2, -0.15) is 0 Å². The Morgan fingerprint density at radius 3 is 2.82 bits per heavy atom. The zero-order valence-corrected chi connectivity index (χ0v) is 6.69. The molecular formula is C8H13NO2. The molecule has 0 aromatic rings. The number of carbonyl (C=O) groups excluding carboxylic acids is 1. The van der Waals surface area contributed by atoms with Crippen molar-refractivity contribution in [2.45, 2.75) is 37.5 Å². The number of amides is 1. The summed E-state index contributed by atoms with van der Waals surface area (Å²) in [6.45, 7) is 0. The van der Waals surface area contributed by atoms with Crippen LogP contribution >= 0.6 is 0 Å². The fourth-order valence-electron chi connectivity index (χ4n) is 2.12. The SMILES string of the molecule is CN(C=O)C1CC2CCC1O2. The molecule has 3 unspecified atom stereocenters. The van der Waals surface area contributed by atoms with Crippen LogP contribution in [0.4, 0.5) is 0 Å². The molecule has 0 aromatic heterocycles. The van der Waals surface area contributed by atoms with E-state index in [4.69, 9.17) is 4.74 Å². The minimum atomic E-state index is 0.329. The molecule has 2 bridgehead atoms. The molecule has 0 N–H and O–H groups in total. The Morgan fingerprint density at radius 1 is 1.55 bits per heavy atom. The summed E-state index contributed by atoms with van der Waals surface area (Å²) >= 11 is 0. The number of nitrogens with zero attached hydrogens (tertiary/aromatic N) is 1. The third-order valence-electron chi connectivity index (χ3n) is 2.76. The van der Waals surface area contributed by atoms with Gasteiger partial charge in [0.25, 0.3) is 0 Å². The summed E-state index contributed by atoms with van der Waals surface area (Å²) in [7, 11) is 1.84. The number of rotatable bonds is 2. The zero-order chi connectivity index (χ0) is 7.84. The lowest BCUT2D eigenvalue weighted by atomic mass is 9.95. The van der Waals surface area contributed by atoms with Crippen LogP contribution in [0.25, 0.3) is 0 Å². The lowest BCUT2D eigenvalue weighted by Gasteiger charge is -2.25. The van der Waals surface area contributed by atoms with Crippen molar-refractivity contribution in [1.82, 2.24) is 4.90 Å². The number of ether oxygens (including phenoxy) is 1. The van der Waals surface area contributed by atoms with E-state index in [1.54, 1.807) is 4.90 Å². The summed E-state index contributed by atoms with van der Waals surface area (Å²) in [5.41, 5.74) is 0. The monoisotopic (exact) mass is 155 g/mol. The highest BCUT2D eigenvalue weighted by molar-refractivity contribution is 5.47. The molecular weight excluding hydrogens is 142 g/mol. The predicted molar refractivity (Wildman–Crippen MR) is 40.1 cm³/mol. The third kappa shape index (κ3) is 1.03. The van der Waals surface area contributed by atoms with Crippen LogP contribution in [0.15, 0.2) is 0 Å². The molecule has 2 aliphatic rings. The van der Waals surface area contributed by atoms with Gasteiger partial charge in [0.05, 0.1) is 18.2 Å². The summed E-state index contributed by atoms with van der Waals surface area (Å²) in [6.07, 6.45) is 5.03. The van der Waals surface area contributed by atoms with Crippen LogP contribution in [-0.4, -0.2) is 36.6 Å². The second-order valence-corrected chi connectivity index (χ2v) is 3.45. The molecule has 2 heterocycles. The molecule has 3 nitrogen and oxygen atoms in total. The van der Waals surface area contributed by atoms with E-state index in [1.165, 1.54) is 6.42 Å². The van der Waals surface area contributed by atoms with Crippen LogP contribution in [0.3, 0.4) is 0 Å². The van der Waals surface area contributed by atoms with Crippen molar-refractivity contribution in [3.63, 3.8) is 0 Å². The summed E-state index contributed by atoms with van der Waals surface area (Å²) in [4.78, 5) is 12.2. The van der Waals surface area contributed by atoms with Crippen molar-refractivity contribution >= 4 is 6.41 Å². The summed E-state index contributed by atoms with van der Waals surface area (Å²) in [5, 5.41) is 0. The molecule has 2 aliphatic heterocycles. The maximum atomic E-state index is 10.4. The van der Waals surface area contributed by atoms with Gasteiger partial charge in [-0.25, -0.2) is 0 Å². The maximum Gasteiger partial charge on any atom is 0.209 e. The molecule has 0 spiro atoms. The minimum Gasteiger partial charge on any atom is -0.373 e. The number of fused-ring (bicyclic) bond motifs is 2.